The predicted octanol–water partition coefficient (Wildman–Crippen LogP) is 2.83. The zero-order chi connectivity index (χ0) is 82.5. The Labute approximate surface area is 667 Å². The van der Waals surface area contributed by atoms with Gasteiger partial charge in [0.05, 0.1) is 88.6 Å². The number of allylic oxidation sites excluding steroid dienone is 1. The summed E-state index contributed by atoms with van der Waals surface area (Å²) in [7, 11) is 0. The van der Waals surface area contributed by atoms with Crippen molar-refractivity contribution in [3.05, 3.63) is 82.2 Å². The number of aliphatic hydroxyl groups is 4. The Morgan fingerprint density at radius 2 is 1.19 bits per heavy atom. The van der Waals surface area contributed by atoms with Gasteiger partial charge < -0.3 is 103 Å². The number of unbranched alkanes of at least 4 members (excludes halogenated alkanes) is 1. The number of hydrogen-bond acceptors (Lipinski definition) is 23. The van der Waals surface area contributed by atoms with E-state index < -0.39 is 119 Å². The number of amides is 11. The summed E-state index contributed by atoms with van der Waals surface area (Å²) in [6, 6.07) is 6.83. The third-order valence-corrected chi connectivity index (χ3v) is 24.6. The number of phenolic OH excluding ortho intramolecular Hbond substituents is 1. The highest BCUT2D eigenvalue weighted by Gasteiger charge is 2.59. The topological polar surface area (TPSA) is 479 Å². The number of aromatic hydroxyl groups is 1. The molecule has 2 aliphatic heterocycles. The van der Waals surface area contributed by atoms with Crippen molar-refractivity contribution in [3.63, 3.8) is 0 Å². The van der Waals surface area contributed by atoms with Gasteiger partial charge in [0, 0.05) is 43.0 Å². The van der Waals surface area contributed by atoms with Gasteiger partial charge in [-0.05, 0) is 178 Å². The third kappa shape index (κ3) is 22.7. The molecule has 17 N–H and O–H groups in total. The lowest BCUT2D eigenvalue weighted by Crippen LogP contribution is -2.62. The lowest BCUT2D eigenvalue weighted by atomic mass is 9.49. The van der Waals surface area contributed by atoms with Crippen molar-refractivity contribution in [2.45, 2.75) is 242 Å². The Kier molecular flexibility index (Phi) is 32.7. The van der Waals surface area contributed by atoms with E-state index in [-0.39, 0.29) is 157 Å². The molecule has 632 valence electrons. The number of primary amides is 1. The van der Waals surface area contributed by atoms with Gasteiger partial charge in [-0.25, -0.2) is 4.79 Å². The maximum Gasteiger partial charge on any atom is 0.312 e. The first-order valence-electron chi connectivity index (χ1n) is 40.8. The van der Waals surface area contributed by atoms with Crippen molar-refractivity contribution in [3.8, 4) is 5.75 Å². The number of carbonyl (C=O) groups is 10. The van der Waals surface area contributed by atoms with Crippen molar-refractivity contribution in [2.75, 3.05) is 91.0 Å². The molecule has 2 heterocycles. The molecule has 7 aliphatic rings. The fourth-order valence-corrected chi connectivity index (χ4v) is 18.2. The van der Waals surface area contributed by atoms with E-state index in [4.69, 9.17) is 39.9 Å². The number of nitrogens with zero attached hydrogens (tertiary/aromatic N) is 1. The molecule has 9 rings (SSSR count). The SMILES string of the molecule is CC(C)[C@H](NC(=O)[C@@H](CCCCNC(=O)COC1CCCCCC(N[C@@H]2O[C@H](CO)[C@H](O)[C@H](O)[C@H]2O)=C1N)NC(=O)CCOCCOCCOCCOCCN1C(=O)C=CC1=O)C(=O)N[C@@H](CCCNC(N)=O)C(=O)Nc1ccc2c(c1)[C@@]1(C)CCC[C@](C)(C(=O)NC(=O)[C@@]3(C)CCC[C@]4(C)c5cc(O)ccc5CC[C@@H]34)[C@@H]1CC2. The van der Waals surface area contributed by atoms with Crippen LogP contribution in [0.15, 0.2) is 59.9 Å². The second-order valence-corrected chi connectivity index (χ2v) is 32.8. The van der Waals surface area contributed by atoms with Crippen LogP contribution in [0.3, 0.4) is 0 Å². The number of nitrogens with one attached hydrogen (secondary N) is 8. The van der Waals surface area contributed by atoms with Crippen molar-refractivity contribution >= 4 is 64.9 Å². The van der Waals surface area contributed by atoms with E-state index in [2.05, 4.69) is 56.4 Å². The molecule has 15 atom stereocenters. The summed E-state index contributed by atoms with van der Waals surface area (Å²) < 4.78 is 34.0. The van der Waals surface area contributed by atoms with E-state index in [1.54, 1.807) is 26.0 Å². The summed E-state index contributed by atoms with van der Waals surface area (Å²) in [4.78, 5) is 137. The van der Waals surface area contributed by atoms with Gasteiger partial charge in [0.25, 0.3) is 11.8 Å². The molecule has 5 aliphatic carbocycles. The number of hydrogen-bond donors (Lipinski definition) is 15. The van der Waals surface area contributed by atoms with Crippen LogP contribution in [-0.2, 0) is 95.2 Å². The first-order chi connectivity index (χ1) is 54.4. The quantitative estimate of drug-likeness (QED) is 0.0337. The van der Waals surface area contributed by atoms with E-state index >= 15 is 4.79 Å². The summed E-state index contributed by atoms with van der Waals surface area (Å²) in [5.74, 6) is -4.91. The number of rotatable bonds is 40. The van der Waals surface area contributed by atoms with Crippen LogP contribution in [0.1, 0.15) is 186 Å². The Balaban J connectivity index is 0.808. The molecule has 2 aromatic carbocycles. The molecule has 32 heteroatoms. The average molecular weight is 1600 g/mol. The Bertz CT molecular complexity index is 3750. The lowest BCUT2D eigenvalue weighted by Gasteiger charge is -2.56. The van der Waals surface area contributed by atoms with Crippen molar-refractivity contribution in [1.29, 1.82) is 0 Å². The van der Waals surface area contributed by atoms with Gasteiger partial charge in [-0.2, -0.15) is 0 Å². The number of ether oxygens (including phenoxy) is 6. The summed E-state index contributed by atoms with van der Waals surface area (Å²) >= 11 is 0. The average Bonchev–Trinajstić information content (AvgIpc) is 0.804. The summed E-state index contributed by atoms with van der Waals surface area (Å²) in [6.45, 7) is 12.6. The van der Waals surface area contributed by atoms with Gasteiger partial charge in [0.2, 0.25) is 41.4 Å². The summed E-state index contributed by atoms with van der Waals surface area (Å²) in [5, 5.41) is 74.7. The lowest BCUT2D eigenvalue weighted by molar-refractivity contribution is -0.234. The number of nitrogens with two attached hydrogens (primary N) is 2. The number of aliphatic hydroxyl groups excluding tert-OH is 4. The van der Waals surface area contributed by atoms with Crippen LogP contribution in [0.4, 0.5) is 10.5 Å². The van der Waals surface area contributed by atoms with E-state index in [9.17, 15) is 68.7 Å². The summed E-state index contributed by atoms with van der Waals surface area (Å²) in [6.07, 6.45) is 5.75. The third-order valence-electron chi connectivity index (χ3n) is 24.6. The number of urea groups is 1. The molecule has 0 radical (unpaired) electrons. The molecule has 0 bridgehead atoms. The first kappa shape index (κ1) is 89.7. The number of aryl methyl sites for hydroxylation is 2. The molecule has 2 aromatic rings. The van der Waals surface area contributed by atoms with Gasteiger partial charge in [-0.3, -0.25) is 53.4 Å². The number of carbonyl (C=O) groups excluding carboxylic acids is 10. The second kappa shape index (κ2) is 41.6. The predicted molar refractivity (Wildman–Crippen MR) is 418 cm³/mol. The number of phenols is 1. The number of benzene rings is 2. The van der Waals surface area contributed by atoms with Gasteiger partial charge in [-0.1, -0.05) is 79.4 Å². The highest BCUT2D eigenvalue weighted by atomic mass is 16.6. The van der Waals surface area contributed by atoms with E-state index in [1.165, 1.54) is 17.7 Å². The van der Waals surface area contributed by atoms with Crippen LogP contribution < -0.4 is 54.0 Å². The van der Waals surface area contributed by atoms with Gasteiger partial charge >= 0.3 is 6.03 Å². The van der Waals surface area contributed by atoms with E-state index in [0.717, 1.165) is 73.0 Å². The second-order valence-electron chi connectivity index (χ2n) is 32.8. The highest BCUT2D eigenvalue weighted by Crippen LogP contribution is 2.60. The van der Waals surface area contributed by atoms with Crippen molar-refractivity contribution < 1.29 is 102 Å². The van der Waals surface area contributed by atoms with Crippen LogP contribution in [0.25, 0.3) is 0 Å². The molecule has 1 saturated heterocycles. The van der Waals surface area contributed by atoms with Crippen LogP contribution in [0.2, 0.25) is 0 Å². The Morgan fingerprint density at radius 1 is 0.614 bits per heavy atom. The van der Waals surface area contributed by atoms with E-state index in [0.29, 0.717) is 69.2 Å². The molecule has 0 aromatic heterocycles. The molecular formula is C82H123N11O21. The zero-order valence-corrected chi connectivity index (χ0v) is 67.0. The fourth-order valence-electron chi connectivity index (χ4n) is 18.2. The fraction of sp³-hybridized carbons (Fsp3) is 0.683. The minimum absolute atomic E-state index is 0.0258. The van der Waals surface area contributed by atoms with Crippen LogP contribution in [0.5, 0.6) is 5.75 Å². The number of imide groups is 2. The smallest absolute Gasteiger partial charge is 0.312 e. The van der Waals surface area contributed by atoms with Crippen LogP contribution in [0, 0.1) is 28.6 Å². The Morgan fingerprint density at radius 3 is 1.81 bits per heavy atom. The number of anilines is 1. The normalized spacial score (nSPS) is 27.4. The van der Waals surface area contributed by atoms with Gasteiger partial charge in [0.1, 0.15) is 54.9 Å². The molecule has 114 heavy (non-hydrogen) atoms. The molecule has 32 nitrogen and oxygen atoms in total. The van der Waals surface area contributed by atoms with Crippen LogP contribution >= 0.6 is 0 Å². The Hall–Kier alpha value is -8.18. The van der Waals surface area contributed by atoms with Crippen LogP contribution in [-0.4, -0.2) is 230 Å². The molecular weight excluding hydrogens is 1470 g/mol. The molecule has 1 unspecified atom stereocenters. The molecule has 0 spiro atoms. The highest BCUT2D eigenvalue weighted by molar-refractivity contribution is 6.13. The van der Waals surface area contributed by atoms with Gasteiger partial charge in [0.15, 0.2) is 6.23 Å². The van der Waals surface area contributed by atoms with Crippen molar-refractivity contribution in [1.82, 2.24) is 42.1 Å². The standard InChI is InChI=1S/C82H123N11O21/c1-49(2)68(74(105)89-58(17-12-35-86-78(84)108)72(103)87-52-23-19-50-21-25-61-79(3,54(50)45-52)30-13-32-81(61,5)76(106)92-77(107)82(6)33-14-31-80(4)55-46-53(95)24-20-51(55)22-26-62(80)82)91-73(104)57(88-63(96)29-37-109-39-41-111-43-44-112-42-40-110-38-36-93-65(98)27-28-66(93)99)16-10-11-34-85-64(97)48-113-59-18-9-7-8-15-56(67(59)83)90-75-71(102)70(101)69(100)60(47-94)114-75/h19-20,23-24,27-28,45-46,49,57-62,68-71,75,90,94-95,100-102H,7-18,21-22,25-26,29-44,47-48,83H2,1-6H3,(H,85,97)(H,87,103)(H,88,96)(H,89,105)(H,91,104)(H3,84,86,108)(H,92,106,107)/t57-,58+,59?,60-,61-,62-,68+,69+,70+,71-,75-,79-,80-,81+,82+/m1/s1. The maximum atomic E-state index is 15.0. The van der Waals surface area contributed by atoms with Gasteiger partial charge in [-0.15, -0.1) is 0 Å². The van der Waals surface area contributed by atoms with Crippen molar-refractivity contribution in [2.24, 2.45) is 40.1 Å². The minimum atomic E-state index is -1.61. The monoisotopic (exact) mass is 1600 g/mol. The zero-order valence-electron chi connectivity index (χ0n) is 67.0. The molecule has 11 amide bonds. The maximum absolute atomic E-state index is 15.0. The minimum Gasteiger partial charge on any atom is -0.508 e. The first-order valence-corrected chi connectivity index (χ1v) is 40.8. The van der Waals surface area contributed by atoms with E-state index in [1.807, 2.05) is 38.1 Å². The number of fused-ring (bicyclic) bond motifs is 6. The molecule has 3 fully saturated rings. The molecule has 2 saturated carbocycles. The summed E-state index contributed by atoms with van der Waals surface area (Å²) in [5.41, 5.74) is 14.9. The largest absolute Gasteiger partial charge is 0.508 e.